The van der Waals surface area contributed by atoms with Crippen LogP contribution < -0.4 is 20.7 Å². The highest BCUT2D eigenvalue weighted by molar-refractivity contribution is 5.79. The van der Waals surface area contributed by atoms with E-state index >= 15 is 0 Å². The zero-order valence-corrected chi connectivity index (χ0v) is 13.5. The second kappa shape index (κ2) is 7.91. The van der Waals surface area contributed by atoms with Crippen LogP contribution in [0.1, 0.15) is 13.8 Å². The molecule has 0 spiro atoms. The van der Waals surface area contributed by atoms with Crippen LogP contribution in [0.25, 0.3) is 0 Å². The Kier molecular flexibility index (Phi) is 5.67. The fourth-order valence-corrected chi connectivity index (χ4v) is 2.31. The lowest BCUT2D eigenvalue weighted by Crippen LogP contribution is -2.05. The topological polar surface area (TPSA) is 109 Å². The summed E-state index contributed by atoms with van der Waals surface area (Å²) in [5.41, 5.74) is 4.13. The van der Waals surface area contributed by atoms with E-state index in [-0.39, 0.29) is 0 Å². The number of nitrogens with one attached hydrogen (secondary N) is 3. The maximum atomic E-state index is 8.36. The summed E-state index contributed by atoms with van der Waals surface area (Å²) in [6.45, 7) is 5.95. The van der Waals surface area contributed by atoms with Crippen molar-refractivity contribution >= 4 is 22.7 Å². The molecule has 8 nitrogen and oxygen atoms in total. The summed E-state index contributed by atoms with van der Waals surface area (Å²) in [7, 11) is 0. The van der Waals surface area contributed by atoms with Gasteiger partial charge in [-0.1, -0.05) is 0 Å². The van der Waals surface area contributed by atoms with Crippen LogP contribution in [-0.2, 0) is 0 Å². The molecule has 2 aromatic carbocycles. The molecule has 0 amide bonds. The Labute approximate surface area is 139 Å². The van der Waals surface area contributed by atoms with E-state index in [1.807, 2.05) is 24.3 Å². The minimum Gasteiger partial charge on any atom is -0.453 e. The van der Waals surface area contributed by atoms with E-state index in [0.29, 0.717) is 0 Å². The van der Waals surface area contributed by atoms with E-state index in [0.717, 1.165) is 47.3 Å². The number of rotatable bonds is 4. The highest BCUT2D eigenvalue weighted by Gasteiger charge is 2.17. The zero-order valence-electron chi connectivity index (χ0n) is 13.5. The molecule has 1 aliphatic heterocycles. The van der Waals surface area contributed by atoms with Crippen LogP contribution in [0.2, 0.25) is 0 Å². The fourth-order valence-electron chi connectivity index (χ4n) is 2.31. The Morgan fingerprint density at radius 2 is 1.46 bits per heavy atom. The second-order valence-corrected chi connectivity index (χ2v) is 4.95. The Morgan fingerprint density at radius 3 is 1.83 bits per heavy atom. The number of hydrogen-bond acceptors (Lipinski definition) is 6. The van der Waals surface area contributed by atoms with Crippen LogP contribution in [0.15, 0.2) is 36.4 Å². The van der Waals surface area contributed by atoms with Gasteiger partial charge in [-0.05, 0) is 38.1 Å². The summed E-state index contributed by atoms with van der Waals surface area (Å²) in [6.07, 6.45) is 0. The van der Waals surface area contributed by atoms with Crippen molar-refractivity contribution in [3.63, 3.8) is 0 Å². The largest absolute Gasteiger partial charge is 0.453 e. The van der Waals surface area contributed by atoms with Crippen molar-refractivity contribution in [1.82, 2.24) is 0 Å². The van der Waals surface area contributed by atoms with Crippen LogP contribution in [0.3, 0.4) is 0 Å². The van der Waals surface area contributed by atoms with Gasteiger partial charge in [0, 0.05) is 36.6 Å². The summed E-state index contributed by atoms with van der Waals surface area (Å²) in [4.78, 5) is 8.36. The van der Waals surface area contributed by atoms with Gasteiger partial charge in [0.1, 0.15) is 0 Å². The lowest BCUT2D eigenvalue weighted by Gasteiger charge is -2.23. The van der Waals surface area contributed by atoms with Gasteiger partial charge in [0.25, 0.3) is 5.09 Å². The Morgan fingerprint density at radius 1 is 1.04 bits per heavy atom. The maximum absolute atomic E-state index is 8.36. The predicted octanol–water partition coefficient (Wildman–Crippen LogP) is 4.05. The first-order valence-electron chi connectivity index (χ1n) is 7.57. The molecule has 128 valence electrons. The third kappa shape index (κ3) is 4.42. The predicted molar refractivity (Wildman–Crippen MR) is 93.3 cm³/mol. The molecule has 0 bridgehead atoms. The van der Waals surface area contributed by atoms with Crippen molar-refractivity contribution in [1.29, 1.82) is 0 Å². The summed E-state index contributed by atoms with van der Waals surface area (Å²) in [6, 6.07) is 12.2. The lowest BCUT2D eigenvalue weighted by molar-refractivity contribution is -0.742. The molecule has 0 saturated heterocycles. The van der Waals surface area contributed by atoms with E-state index in [1.54, 1.807) is 0 Å². The molecule has 8 heteroatoms. The number of nitrogens with zero attached hydrogens (tertiary/aromatic N) is 1. The normalized spacial score (nSPS) is 10.8. The highest BCUT2D eigenvalue weighted by Crippen LogP contribution is 2.43. The zero-order chi connectivity index (χ0) is 17.5. The SMILES string of the molecule is CCNc1ccc2c(c1)Oc1cc(NCC)ccc1N2.O=[N+]([O-])O. The first-order valence-corrected chi connectivity index (χ1v) is 7.57. The molecule has 24 heavy (non-hydrogen) atoms. The monoisotopic (exact) mass is 332 g/mol. The molecule has 0 fully saturated rings. The van der Waals surface area contributed by atoms with Gasteiger partial charge in [-0.25, -0.2) is 0 Å². The van der Waals surface area contributed by atoms with Gasteiger partial charge in [0.2, 0.25) is 0 Å². The Balaban J connectivity index is 0.000000471. The first kappa shape index (κ1) is 17.2. The van der Waals surface area contributed by atoms with Crippen molar-refractivity contribution in [3.8, 4) is 11.5 Å². The summed E-state index contributed by atoms with van der Waals surface area (Å²) in [5, 5.41) is 23.6. The quantitative estimate of drug-likeness (QED) is 0.421. The molecule has 0 unspecified atom stereocenters. The molecule has 4 N–H and O–H groups in total. The minimum absolute atomic E-state index is 0.851. The Hall–Kier alpha value is -3.16. The number of fused-ring (bicyclic) bond motifs is 2. The molecule has 0 radical (unpaired) electrons. The number of benzene rings is 2. The van der Waals surface area contributed by atoms with Gasteiger partial charge < -0.3 is 25.9 Å². The smallest absolute Gasteiger partial charge is 0.291 e. The summed E-state index contributed by atoms with van der Waals surface area (Å²) in [5.74, 6) is 1.70. The van der Waals surface area contributed by atoms with Crippen molar-refractivity contribution in [3.05, 3.63) is 46.5 Å². The third-order valence-electron chi connectivity index (χ3n) is 3.21. The lowest BCUT2D eigenvalue weighted by atomic mass is 10.2. The van der Waals surface area contributed by atoms with Gasteiger partial charge in [-0.15, -0.1) is 10.1 Å². The Bertz CT molecular complexity index is 664. The van der Waals surface area contributed by atoms with Crippen LogP contribution >= 0.6 is 0 Å². The van der Waals surface area contributed by atoms with Crippen molar-refractivity contribution in [2.24, 2.45) is 0 Å². The number of anilines is 4. The van der Waals surface area contributed by atoms with E-state index < -0.39 is 5.09 Å². The molecule has 1 heterocycles. The van der Waals surface area contributed by atoms with Gasteiger partial charge >= 0.3 is 0 Å². The standard InChI is InChI=1S/C16H19N3O.HNO3/c1-3-17-11-5-7-13-15(9-11)20-16-10-12(18-4-2)6-8-14(16)19-13;2-1(3)4/h5-10,17-19H,3-4H2,1-2H3;(H,2,3,4). The maximum Gasteiger partial charge on any atom is 0.291 e. The fraction of sp³-hybridized carbons (Fsp3) is 0.250. The average molecular weight is 332 g/mol. The summed E-state index contributed by atoms with van der Waals surface area (Å²) < 4.78 is 6.01. The van der Waals surface area contributed by atoms with E-state index in [9.17, 15) is 0 Å². The second-order valence-electron chi connectivity index (χ2n) is 4.95. The number of hydrogen-bond donors (Lipinski definition) is 4. The van der Waals surface area contributed by atoms with Crippen LogP contribution in [0.4, 0.5) is 22.7 Å². The van der Waals surface area contributed by atoms with Gasteiger partial charge in [0.15, 0.2) is 11.5 Å². The van der Waals surface area contributed by atoms with Crippen LogP contribution in [0, 0.1) is 10.1 Å². The molecule has 0 atom stereocenters. The molecule has 1 aliphatic rings. The molecule has 2 aromatic rings. The molecular weight excluding hydrogens is 312 g/mol. The number of ether oxygens (including phenoxy) is 1. The molecule has 3 rings (SSSR count). The first-order chi connectivity index (χ1) is 11.5. The van der Waals surface area contributed by atoms with Gasteiger partial charge in [-0.2, -0.15) is 0 Å². The van der Waals surface area contributed by atoms with Crippen LogP contribution in [0.5, 0.6) is 11.5 Å². The van der Waals surface area contributed by atoms with Gasteiger partial charge in [-0.3, -0.25) is 0 Å². The third-order valence-corrected chi connectivity index (χ3v) is 3.21. The summed E-state index contributed by atoms with van der Waals surface area (Å²) >= 11 is 0. The average Bonchev–Trinajstić information content (AvgIpc) is 2.53. The van der Waals surface area contributed by atoms with Crippen molar-refractivity contribution < 1.29 is 15.0 Å². The highest BCUT2D eigenvalue weighted by atomic mass is 16.9. The van der Waals surface area contributed by atoms with Crippen molar-refractivity contribution in [2.75, 3.05) is 29.0 Å². The van der Waals surface area contributed by atoms with Crippen molar-refractivity contribution in [2.45, 2.75) is 13.8 Å². The molecular formula is C16H20N4O4. The van der Waals surface area contributed by atoms with E-state index in [2.05, 4.69) is 41.9 Å². The van der Waals surface area contributed by atoms with E-state index in [4.69, 9.17) is 20.1 Å². The molecule has 0 aliphatic carbocycles. The molecule has 0 aromatic heterocycles. The van der Waals surface area contributed by atoms with Gasteiger partial charge in [0.05, 0.1) is 11.4 Å². The van der Waals surface area contributed by atoms with E-state index in [1.165, 1.54) is 0 Å². The minimum atomic E-state index is -1.50. The van der Waals surface area contributed by atoms with Crippen LogP contribution in [-0.4, -0.2) is 23.4 Å². The molecule has 0 saturated carbocycles.